The molecule has 0 unspecified atom stereocenters. The molecule has 2 saturated heterocycles. The Morgan fingerprint density at radius 1 is 1.25 bits per heavy atom. The van der Waals surface area contributed by atoms with Crippen molar-refractivity contribution in [2.75, 3.05) is 16.5 Å². The first-order valence-corrected chi connectivity index (χ1v) is 8.27. The molecular formula is C13H15N3O3S. The maximum atomic E-state index is 12.0. The molecule has 0 aromatic heterocycles. The van der Waals surface area contributed by atoms with Crippen molar-refractivity contribution in [3.63, 3.8) is 0 Å². The summed E-state index contributed by atoms with van der Waals surface area (Å²) in [6.45, 7) is 0. The quantitative estimate of drug-likeness (QED) is 0.862. The molecule has 1 aromatic rings. The number of benzene rings is 1. The number of amides is 1. The highest BCUT2D eigenvalue weighted by atomic mass is 32.2. The van der Waals surface area contributed by atoms with E-state index in [4.69, 9.17) is 0 Å². The van der Waals surface area contributed by atoms with Gasteiger partial charge in [0.05, 0.1) is 29.7 Å². The van der Waals surface area contributed by atoms with E-state index in [0.29, 0.717) is 12.3 Å². The third kappa shape index (κ3) is 2.67. The van der Waals surface area contributed by atoms with Gasteiger partial charge in [0.15, 0.2) is 9.84 Å². The van der Waals surface area contributed by atoms with E-state index >= 15 is 0 Å². The molecular weight excluding hydrogens is 278 g/mol. The van der Waals surface area contributed by atoms with E-state index in [-0.39, 0.29) is 29.9 Å². The molecule has 2 fully saturated rings. The number of anilines is 1. The highest BCUT2D eigenvalue weighted by Gasteiger charge is 2.31. The van der Waals surface area contributed by atoms with Crippen LogP contribution >= 0.6 is 0 Å². The number of sulfone groups is 1. The third-order valence-corrected chi connectivity index (χ3v) is 5.12. The second-order valence-corrected chi connectivity index (χ2v) is 7.21. The van der Waals surface area contributed by atoms with Gasteiger partial charge in [-0.05, 0) is 18.6 Å². The molecule has 0 aliphatic carbocycles. The fraction of sp³-hybridized carbons (Fsp3) is 0.385. The smallest absolute Gasteiger partial charge is 0.253 e. The van der Waals surface area contributed by atoms with Crippen LogP contribution in [0.2, 0.25) is 0 Å². The van der Waals surface area contributed by atoms with Crippen molar-refractivity contribution in [3.8, 4) is 0 Å². The van der Waals surface area contributed by atoms with Gasteiger partial charge in [-0.1, -0.05) is 18.2 Å². The Labute approximate surface area is 117 Å². The van der Waals surface area contributed by atoms with Crippen molar-refractivity contribution in [2.24, 2.45) is 4.99 Å². The van der Waals surface area contributed by atoms with E-state index in [1.165, 1.54) is 5.01 Å². The molecule has 0 bridgehead atoms. The van der Waals surface area contributed by atoms with Crippen molar-refractivity contribution in [2.45, 2.75) is 18.9 Å². The molecule has 0 radical (unpaired) electrons. The molecule has 1 aromatic carbocycles. The van der Waals surface area contributed by atoms with Crippen LogP contribution in [0, 0.1) is 0 Å². The van der Waals surface area contributed by atoms with E-state index in [1.54, 1.807) is 0 Å². The summed E-state index contributed by atoms with van der Waals surface area (Å²) in [5, 5.41) is 1.45. The molecule has 6 nitrogen and oxygen atoms in total. The number of rotatable bonds is 2. The third-order valence-electron chi connectivity index (χ3n) is 3.37. The first-order chi connectivity index (χ1) is 9.53. The summed E-state index contributed by atoms with van der Waals surface area (Å²) in [4.78, 5) is 16.3. The largest absolute Gasteiger partial charge is 0.278 e. The highest BCUT2D eigenvalue weighted by molar-refractivity contribution is 7.91. The van der Waals surface area contributed by atoms with Crippen LogP contribution in [0.5, 0.6) is 0 Å². The van der Waals surface area contributed by atoms with Gasteiger partial charge in [0, 0.05) is 0 Å². The van der Waals surface area contributed by atoms with Crippen LogP contribution in [0.25, 0.3) is 0 Å². The number of amidine groups is 1. The van der Waals surface area contributed by atoms with Gasteiger partial charge in [0.2, 0.25) is 0 Å². The number of hydrogen-bond donors (Lipinski definition) is 1. The zero-order valence-electron chi connectivity index (χ0n) is 10.8. The van der Waals surface area contributed by atoms with Crippen molar-refractivity contribution in [3.05, 3.63) is 30.3 Å². The maximum Gasteiger partial charge on any atom is 0.253 e. The number of carbonyl (C=O) groups excluding carboxylic acids is 1. The Hall–Kier alpha value is -1.89. The average Bonchev–Trinajstić information content (AvgIpc) is 2.94. The van der Waals surface area contributed by atoms with E-state index in [9.17, 15) is 13.2 Å². The van der Waals surface area contributed by atoms with Crippen LogP contribution in [0.1, 0.15) is 12.8 Å². The minimum atomic E-state index is -2.95. The fourth-order valence-electron chi connectivity index (χ4n) is 2.41. The lowest BCUT2D eigenvalue weighted by Gasteiger charge is -2.15. The van der Waals surface area contributed by atoms with E-state index in [0.717, 1.165) is 5.69 Å². The van der Waals surface area contributed by atoms with Crippen molar-refractivity contribution >= 4 is 27.3 Å². The number of nitrogens with one attached hydrogen (secondary N) is 1. The number of para-hydroxylation sites is 1. The van der Waals surface area contributed by atoms with Gasteiger partial charge in [-0.2, -0.15) is 0 Å². The fourth-order valence-corrected chi connectivity index (χ4v) is 4.04. The van der Waals surface area contributed by atoms with Crippen LogP contribution < -0.4 is 10.4 Å². The van der Waals surface area contributed by atoms with Crippen LogP contribution in [-0.2, 0) is 14.6 Å². The topological polar surface area (TPSA) is 78.8 Å². The first kappa shape index (κ1) is 13.1. The van der Waals surface area contributed by atoms with Crippen LogP contribution in [0.15, 0.2) is 35.3 Å². The van der Waals surface area contributed by atoms with Crippen molar-refractivity contribution < 1.29 is 13.2 Å². The lowest BCUT2D eigenvalue weighted by Crippen LogP contribution is -2.36. The minimum Gasteiger partial charge on any atom is -0.278 e. The maximum absolute atomic E-state index is 12.0. The number of aliphatic imine (C=N–C) groups is 1. The number of nitrogens with zero attached hydrogens (tertiary/aromatic N) is 2. The van der Waals surface area contributed by atoms with Gasteiger partial charge in [0.25, 0.3) is 5.91 Å². The average molecular weight is 293 g/mol. The molecule has 7 heteroatoms. The molecule has 20 heavy (non-hydrogen) atoms. The van der Waals surface area contributed by atoms with Crippen LogP contribution in [-0.4, -0.2) is 37.7 Å². The lowest BCUT2D eigenvalue weighted by molar-refractivity contribution is -0.116. The van der Waals surface area contributed by atoms with Crippen LogP contribution in [0.3, 0.4) is 0 Å². The minimum absolute atomic E-state index is 0.0811. The summed E-state index contributed by atoms with van der Waals surface area (Å²) in [6.07, 6.45) is 0.721. The Morgan fingerprint density at radius 2 is 2.00 bits per heavy atom. The second kappa shape index (κ2) is 4.90. The van der Waals surface area contributed by atoms with Gasteiger partial charge in [0.1, 0.15) is 5.84 Å². The lowest BCUT2D eigenvalue weighted by atomic mass is 10.3. The van der Waals surface area contributed by atoms with Gasteiger partial charge in [-0.15, -0.1) is 0 Å². The number of hydrogen-bond acceptors (Lipinski definition) is 4. The second-order valence-electron chi connectivity index (χ2n) is 4.99. The predicted molar refractivity (Wildman–Crippen MR) is 76.2 cm³/mol. The standard InChI is InChI=1S/C13H15N3O3S/c17-13-8-12(14-10-6-7-20(18,19)9-10)15-16(13)11-4-2-1-3-5-11/h1-5,10H,6-9H2,(H,14,15)/t10-/m0/s1. The Kier molecular flexibility index (Phi) is 3.21. The molecule has 2 heterocycles. The summed E-state index contributed by atoms with van der Waals surface area (Å²) < 4.78 is 22.8. The van der Waals surface area contributed by atoms with E-state index in [1.807, 2.05) is 30.3 Å². The monoisotopic (exact) mass is 293 g/mol. The number of hydrazine groups is 1. The Balaban J connectivity index is 1.74. The molecule has 2 aliphatic rings. The molecule has 0 spiro atoms. The van der Waals surface area contributed by atoms with Crippen LogP contribution in [0.4, 0.5) is 5.69 Å². The molecule has 1 N–H and O–H groups in total. The molecule has 0 saturated carbocycles. The summed E-state index contributed by atoms with van der Waals surface area (Å²) in [5.41, 5.74) is 3.70. The Bertz CT molecular complexity index is 655. The number of carbonyl (C=O) groups is 1. The first-order valence-electron chi connectivity index (χ1n) is 6.45. The predicted octanol–water partition coefficient (Wildman–Crippen LogP) is 0.514. The zero-order valence-corrected chi connectivity index (χ0v) is 11.6. The van der Waals surface area contributed by atoms with Gasteiger partial charge >= 0.3 is 0 Å². The molecule has 1 atom stereocenters. The zero-order chi connectivity index (χ0) is 14.2. The van der Waals surface area contributed by atoms with E-state index in [2.05, 4.69) is 10.4 Å². The van der Waals surface area contributed by atoms with Crippen molar-refractivity contribution in [1.82, 2.24) is 5.43 Å². The summed E-state index contributed by atoms with van der Waals surface area (Å²) >= 11 is 0. The summed E-state index contributed by atoms with van der Waals surface area (Å²) in [6, 6.07) is 9.00. The van der Waals surface area contributed by atoms with Gasteiger partial charge in [-0.25, -0.2) is 13.4 Å². The molecule has 2 aliphatic heterocycles. The molecule has 106 valence electrons. The SMILES string of the molecule is O=C1CC(=N[C@H]2CCS(=O)(=O)C2)NN1c1ccccc1. The molecule has 3 rings (SSSR count). The summed E-state index contributed by atoms with van der Waals surface area (Å²) in [5.74, 6) is 0.722. The Morgan fingerprint density at radius 3 is 2.65 bits per heavy atom. The summed E-state index contributed by atoms with van der Waals surface area (Å²) in [7, 11) is -2.95. The van der Waals surface area contributed by atoms with E-state index < -0.39 is 9.84 Å². The highest BCUT2D eigenvalue weighted by Crippen LogP contribution is 2.19. The molecule has 1 amide bonds. The van der Waals surface area contributed by atoms with Crippen molar-refractivity contribution in [1.29, 1.82) is 0 Å². The van der Waals surface area contributed by atoms with Gasteiger partial charge in [-0.3, -0.25) is 15.2 Å². The van der Waals surface area contributed by atoms with Gasteiger partial charge < -0.3 is 0 Å². The normalized spacial score (nSPS) is 27.0.